The van der Waals surface area contributed by atoms with Gasteiger partial charge in [-0.05, 0) is 37.4 Å². The van der Waals surface area contributed by atoms with Gasteiger partial charge >= 0.3 is 0 Å². The van der Waals surface area contributed by atoms with Crippen LogP contribution in [0, 0.1) is 11.3 Å². The lowest BCUT2D eigenvalue weighted by Crippen LogP contribution is -2.33. The maximum Gasteiger partial charge on any atom is 0.137 e. The second kappa shape index (κ2) is 6.60. The largest absolute Gasteiger partial charge is 0.491 e. The van der Waals surface area contributed by atoms with Gasteiger partial charge in [0.2, 0.25) is 0 Å². The van der Waals surface area contributed by atoms with Gasteiger partial charge in [-0.15, -0.1) is 0 Å². The zero-order valence-corrected chi connectivity index (χ0v) is 12.2. The summed E-state index contributed by atoms with van der Waals surface area (Å²) in [5.74, 6) is 0.702. The topological polar surface area (TPSA) is 36.3 Å². The Kier molecular flexibility index (Phi) is 4.37. The van der Waals surface area contributed by atoms with Crippen molar-refractivity contribution in [1.29, 1.82) is 5.26 Å². The zero-order valence-electron chi connectivity index (χ0n) is 12.2. The number of fused-ring (bicyclic) bond motifs is 1. The first-order valence-corrected chi connectivity index (χ1v) is 7.65. The molecule has 1 fully saturated rings. The zero-order chi connectivity index (χ0) is 14.5. The van der Waals surface area contributed by atoms with Crippen LogP contribution in [-0.4, -0.2) is 31.1 Å². The third-order valence-corrected chi connectivity index (χ3v) is 4.12. The molecule has 0 unspecified atom stereocenters. The lowest BCUT2D eigenvalue weighted by molar-refractivity contribution is 0.183. The molecule has 1 aliphatic heterocycles. The van der Waals surface area contributed by atoms with Crippen molar-refractivity contribution in [2.24, 2.45) is 0 Å². The Bertz CT molecular complexity index is 654. The molecule has 0 radical (unpaired) electrons. The third kappa shape index (κ3) is 3.17. The first kappa shape index (κ1) is 13.9. The molecule has 2 aromatic rings. The lowest BCUT2D eigenvalue weighted by Gasteiger charge is -2.26. The smallest absolute Gasteiger partial charge is 0.137 e. The highest BCUT2D eigenvalue weighted by Crippen LogP contribution is 2.27. The van der Waals surface area contributed by atoms with Crippen LogP contribution in [0.4, 0.5) is 0 Å². The SMILES string of the molecule is N#Cc1c(OCCN2CCCCC2)ccc2ccccc12. The Balaban J connectivity index is 1.70. The van der Waals surface area contributed by atoms with Crippen molar-refractivity contribution >= 4 is 10.8 Å². The number of likely N-dealkylation sites (tertiary alicyclic amines) is 1. The van der Waals surface area contributed by atoms with Crippen LogP contribution < -0.4 is 4.74 Å². The van der Waals surface area contributed by atoms with Crippen LogP contribution in [0.5, 0.6) is 5.75 Å². The molecule has 0 N–H and O–H groups in total. The Morgan fingerprint density at radius 3 is 2.67 bits per heavy atom. The molecule has 0 saturated carbocycles. The van der Waals surface area contributed by atoms with Crippen molar-refractivity contribution in [3.63, 3.8) is 0 Å². The molecule has 0 aromatic heterocycles. The number of hydrogen-bond donors (Lipinski definition) is 0. The summed E-state index contributed by atoms with van der Waals surface area (Å²) in [6.45, 7) is 3.93. The van der Waals surface area contributed by atoms with Crippen LogP contribution >= 0.6 is 0 Å². The van der Waals surface area contributed by atoms with Gasteiger partial charge in [-0.3, -0.25) is 4.90 Å². The fourth-order valence-electron chi connectivity index (χ4n) is 2.95. The molecule has 0 bridgehead atoms. The van der Waals surface area contributed by atoms with E-state index in [1.54, 1.807) is 0 Å². The molecule has 0 aliphatic carbocycles. The second-order valence-corrected chi connectivity index (χ2v) is 5.52. The Hall–Kier alpha value is -2.05. The van der Waals surface area contributed by atoms with E-state index in [9.17, 15) is 5.26 Å². The number of nitrogens with zero attached hydrogens (tertiary/aromatic N) is 2. The van der Waals surface area contributed by atoms with Gasteiger partial charge in [-0.2, -0.15) is 5.26 Å². The minimum absolute atomic E-state index is 0.645. The predicted octanol–water partition coefficient (Wildman–Crippen LogP) is 3.58. The maximum absolute atomic E-state index is 9.42. The summed E-state index contributed by atoms with van der Waals surface area (Å²) in [5, 5.41) is 11.5. The predicted molar refractivity (Wildman–Crippen MR) is 84.4 cm³/mol. The van der Waals surface area contributed by atoms with Crippen molar-refractivity contribution in [2.45, 2.75) is 19.3 Å². The van der Waals surface area contributed by atoms with Crippen LogP contribution in [0.25, 0.3) is 10.8 Å². The monoisotopic (exact) mass is 280 g/mol. The van der Waals surface area contributed by atoms with Gasteiger partial charge in [-0.25, -0.2) is 0 Å². The van der Waals surface area contributed by atoms with E-state index in [0.29, 0.717) is 17.9 Å². The highest BCUT2D eigenvalue weighted by atomic mass is 16.5. The summed E-state index contributed by atoms with van der Waals surface area (Å²) < 4.78 is 5.87. The molecule has 21 heavy (non-hydrogen) atoms. The molecular formula is C18H20N2O. The molecule has 1 saturated heterocycles. The average molecular weight is 280 g/mol. The van der Waals surface area contributed by atoms with Crippen LogP contribution in [0.2, 0.25) is 0 Å². The van der Waals surface area contributed by atoms with E-state index < -0.39 is 0 Å². The van der Waals surface area contributed by atoms with Crippen molar-refractivity contribution in [3.8, 4) is 11.8 Å². The first-order chi connectivity index (χ1) is 10.4. The van der Waals surface area contributed by atoms with Crippen molar-refractivity contribution in [1.82, 2.24) is 4.90 Å². The van der Waals surface area contributed by atoms with Crippen molar-refractivity contribution in [2.75, 3.05) is 26.2 Å². The standard InChI is InChI=1S/C18H20N2O/c19-14-17-16-7-3-2-6-15(16)8-9-18(17)21-13-12-20-10-4-1-5-11-20/h2-3,6-9H,1,4-5,10-13H2. The van der Waals surface area contributed by atoms with E-state index in [2.05, 4.69) is 11.0 Å². The van der Waals surface area contributed by atoms with Gasteiger partial charge in [0.15, 0.2) is 0 Å². The van der Waals surface area contributed by atoms with Gasteiger partial charge in [0.25, 0.3) is 0 Å². The summed E-state index contributed by atoms with van der Waals surface area (Å²) in [6.07, 6.45) is 3.93. The minimum Gasteiger partial charge on any atom is -0.491 e. The molecule has 0 spiro atoms. The van der Waals surface area contributed by atoms with Crippen LogP contribution in [0.3, 0.4) is 0 Å². The second-order valence-electron chi connectivity index (χ2n) is 5.52. The van der Waals surface area contributed by atoms with Crippen LogP contribution in [-0.2, 0) is 0 Å². The van der Waals surface area contributed by atoms with E-state index in [1.807, 2.05) is 36.4 Å². The van der Waals surface area contributed by atoms with E-state index in [0.717, 1.165) is 17.3 Å². The lowest BCUT2D eigenvalue weighted by atomic mass is 10.0. The minimum atomic E-state index is 0.645. The van der Waals surface area contributed by atoms with E-state index in [4.69, 9.17) is 4.74 Å². The molecule has 2 aromatic carbocycles. The summed E-state index contributed by atoms with van der Waals surface area (Å²) in [4.78, 5) is 2.44. The number of hydrogen-bond acceptors (Lipinski definition) is 3. The normalized spacial score (nSPS) is 15.8. The van der Waals surface area contributed by atoms with Crippen LogP contribution in [0.1, 0.15) is 24.8 Å². The van der Waals surface area contributed by atoms with Crippen molar-refractivity contribution < 1.29 is 4.74 Å². The fraction of sp³-hybridized carbons (Fsp3) is 0.389. The molecule has 1 heterocycles. The molecule has 3 nitrogen and oxygen atoms in total. The van der Waals surface area contributed by atoms with Gasteiger partial charge in [0, 0.05) is 11.9 Å². The van der Waals surface area contributed by atoms with E-state index >= 15 is 0 Å². The number of piperidine rings is 1. The average Bonchev–Trinajstić information content (AvgIpc) is 2.55. The fourth-order valence-corrected chi connectivity index (χ4v) is 2.95. The highest BCUT2D eigenvalue weighted by molar-refractivity contribution is 5.90. The Labute approximate surface area is 125 Å². The maximum atomic E-state index is 9.42. The summed E-state index contributed by atoms with van der Waals surface area (Å²) in [5.41, 5.74) is 0.645. The molecular weight excluding hydrogens is 260 g/mol. The summed E-state index contributed by atoms with van der Waals surface area (Å²) in [6, 6.07) is 14.2. The number of rotatable bonds is 4. The Morgan fingerprint density at radius 2 is 1.86 bits per heavy atom. The van der Waals surface area contributed by atoms with Crippen LogP contribution in [0.15, 0.2) is 36.4 Å². The van der Waals surface area contributed by atoms with E-state index in [-0.39, 0.29) is 0 Å². The number of nitriles is 1. The molecule has 0 atom stereocenters. The van der Waals surface area contributed by atoms with E-state index in [1.165, 1.54) is 32.4 Å². The summed E-state index contributed by atoms with van der Waals surface area (Å²) >= 11 is 0. The molecule has 0 amide bonds. The third-order valence-electron chi connectivity index (χ3n) is 4.12. The quantitative estimate of drug-likeness (QED) is 0.859. The van der Waals surface area contributed by atoms with Gasteiger partial charge < -0.3 is 4.74 Å². The molecule has 3 rings (SSSR count). The number of benzene rings is 2. The Morgan fingerprint density at radius 1 is 1.05 bits per heavy atom. The molecule has 1 aliphatic rings. The van der Waals surface area contributed by atoms with Gasteiger partial charge in [0.05, 0.1) is 0 Å². The summed E-state index contributed by atoms with van der Waals surface area (Å²) in [7, 11) is 0. The molecule has 108 valence electrons. The van der Waals surface area contributed by atoms with Gasteiger partial charge in [-0.1, -0.05) is 36.8 Å². The van der Waals surface area contributed by atoms with Gasteiger partial charge in [0.1, 0.15) is 24.0 Å². The molecule has 3 heteroatoms. The first-order valence-electron chi connectivity index (χ1n) is 7.65. The highest BCUT2D eigenvalue weighted by Gasteiger charge is 2.11. The number of ether oxygens (including phenoxy) is 1. The van der Waals surface area contributed by atoms with Crippen molar-refractivity contribution in [3.05, 3.63) is 42.0 Å².